The first-order valence-electron chi connectivity index (χ1n) is 6.14. The van der Waals surface area contributed by atoms with Crippen LogP contribution in [0.2, 0.25) is 0 Å². The van der Waals surface area contributed by atoms with E-state index in [1.165, 1.54) is 0 Å². The summed E-state index contributed by atoms with van der Waals surface area (Å²) in [7, 11) is 1.67. The van der Waals surface area contributed by atoms with Crippen LogP contribution in [0.3, 0.4) is 0 Å². The molecule has 1 unspecified atom stereocenters. The van der Waals surface area contributed by atoms with Gasteiger partial charge in [0.25, 0.3) is 0 Å². The Bertz CT molecular complexity index is 531. The predicted molar refractivity (Wildman–Crippen MR) is 68.5 cm³/mol. The van der Waals surface area contributed by atoms with Crippen molar-refractivity contribution < 1.29 is 4.74 Å². The molecule has 1 aliphatic heterocycles. The lowest BCUT2D eigenvalue weighted by molar-refractivity contribution is 0.415. The molecule has 3 rings (SSSR count). The summed E-state index contributed by atoms with van der Waals surface area (Å²) in [4.78, 5) is 0. The summed E-state index contributed by atoms with van der Waals surface area (Å²) in [5.74, 6) is 0.838. The van der Waals surface area contributed by atoms with Gasteiger partial charge in [-0.3, -0.25) is 0 Å². The van der Waals surface area contributed by atoms with Gasteiger partial charge in [0.15, 0.2) is 0 Å². The maximum atomic E-state index is 5.22. The summed E-state index contributed by atoms with van der Waals surface area (Å²) < 4.78 is 7.17. The third-order valence-corrected chi connectivity index (χ3v) is 3.28. The van der Waals surface area contributed by atoms with Crippen molar-refractivity contribution in [2.24, 2.45) is 0 Å². The monoisotopic (exact) mass is 244 g/mol. The minimum Gasteiger partial charge on any atom is -0.497 e. The number of aromatic nitrogens is 3. The third-order valence-electron chi connectivity index (χ3n) is 3.28. The quantitative estimate of drug-likeness (QED) is 0.888. The van der Waals surface area contributed by atoms with Gasteiger partial charge in [0, 0.05) is 12.1 Å². The van der Waals surface area contributed by atoms with E-state index in [0.29, 0.717) is 6.04 Å². The second kappa shape index (κ2) is 4.78. The number of hydrogen-bond acceptors (Lipinski definition) is 4. The molecule has 0 radical (unpaired) electrons. The normalized spacial score (nSPS) is 19.1. The van der Waals surface area contributed by atoms with Gasteiger partial charge in [-0.1, -0.05) is 17.3 Å². The minimum absolute atomic E-state index is 0.428. The van der Waals surface area contributed by atoms with Crippen LogP contribution in [0, 0.1) is 0 Å². The second-order valence-corrected chi connectivity index (χ2v) is 4.46. The average molecular weight is 244 g/mol. The van der Waals surface area contributed by atoms with Crippen molar-refractivity contribution in [2.45, 2.75) is 12.5 Å². The van der Waals surface area contributed by atoms with E-state index in [-0.39, 0.29) is 0 Å². The van der Waals surface area contributed by atoms with E-state index in [1.807, 2.05) is 35.1 Å². The van der Waals surface area contributed by atoms with E-state index >= 15 is 0 Å². The Balaban J connectivity index is 1.87. The van der Waals surface area contributed by atoms with E-state index in [0.717, 1.165) is 36.5 Å². The predicted octanol–water partition coefficient (Wildman–Crippen LogP) is 1.49. The van der Waals surface area contributed by atoms with Crippen molar-refractivity contribution >= 4 is 0 Å². The second-order valence-electron chi connectivity index (χ2n) is 4.46. The molecule has 0 saturated carbocycles. The van der Waals surface area contributed by atoms with Gasteiger partial charge < -0.3 is 10.1 Å². The number of benzene rings is 1. The zero-order valence-corrected chi connectivity index (χ0v) is 10.3. The molecule has 1 aliphatic rings. The molecule has 0 amide bonds. The van der Waals surface area contributed by atoms with Gasteiger partial charge >= 0.3 is 0 Å². The number of nitrogens with one attached hydrogen (secondary N) is 1. The van der Waals surface area contributed by atoms with Gasteiger partial charge in [-0.15, -0.1) is 5.10 Å². The molecular weight excluding hydrogens is 228 g/mol. The first-order valence-corrected chi connectivity index (χ1v) is 6.14. The van der Waals surface area contributed by atoms with Gasteiger partial charge in [0.05, 0.1) is 19.3 Å². The summed E-state index contributed by atoms with van der Waals surface area (Å²) in [6.45, 7) is 2.03. The Morgan fingerprint density at radius 1 is 1.44 bits per heavy atom. The fourth-order valence-corrected chi connectivity index (χ4v) is 2.24. The molecule has 94 valence electrons. The highest BCUT2D eigenvalue weighted by Gasteiger charge is 2.18. The summed E-state index contributed by atoms with van der Waals surface area (Å²) in [5, 5.41) is 11.8. The molecule has 5 heteroatoms. The number of hydrogen-bond donors (Lipinski definition) is 1. The SMILES string of the molecule is COc1cccc(-c2cn(C3CCNC3)nn2)c1. The van der Waals surface area contributed by atoms with Gasteiger partial charge in [-0.25, -0.2) is 4.68 Å². The van der Waals surface area contributed by atoms with Crippen LogP contribution in [0.15, 0.2) is 30.5 Å². The lowest BCUT2D eigenvalue weighted by atomic mass is 10.1. The van der Waals surface area contributed by atoms with Gasteiger partial charge in [-0.05, 0) is 25.1 Å². The summed E-state index contributed by atoms with van der Waals surface area (Å²) in [6, 6.07) is 8.31. The zero-order valence-electron chi connectivity index (χ0n) is 10.3. The largest absolute Gasteiger partial charge is 0.497 e. The Morgan fingerprint density at radius 3 is 3.17 bits per heavy atom. The Hall–Kier alpha value is -1.88. The summed E-state index contributed by atoms with van der Waals surface area (Å²) in [6.07, 6.45) is 3.12. The molecule has 18 heavy (non-hydrogen) atoms. The standard InChI is InChI=1S/C13H16N4O/c1-18-12-4-2-3-10(7-12)13-9-17(16-15-13)11-5-6-14-8-11/h2-4,7,9,11,14H,5-6,8H2,1H3. The Morgan fingerprint density at radius 2 is 2.39 bits per heavy atom. The molecule has 0 aliphatic carbocycles. The Kier molecular flexibility index (Phi) is 2.98. The van der Waals surface area contributed by atoms with Crippen LogP contribution in [0.4, 0.5) is 0 Å². The molecule has 5 nitrogen and oxygen atoms in total. The van der Waals surface area contributed by atoms with Crippen molar-refractivity contribution in [1.29, 1.82) is 0 Å². The third kappa shape index (κ3) is 2.09. The van der Waals surface area contributed by atoms with Crippen molar-refractivity contribution in [3.63, 3.8) is 0 Å². The lowest BCUT2D eigenvalue weighted by Crippen LogP contribution is -2.13. The van der Waals surface area contributed by atoms with Gasteiger partial charge in [-0.2, -0.15) is 0 Å². The molecule has 1 saturated heterocycles. The molecule has 2 aromatic rings. The molecule has 0 bridgehead atoms. The highest BCUT2D eigenvalue weighted by atomic mass is 16.5. The van der Waals surface area contributed by atoms with Crippen molar-refractivity contribution in [1.82, 2.24) is 20.3 Å². The van der Waals surface area contributed by atoms with Crippen molar-refractivity contribution in [3.05, 3.63) is 30.5 Å². The molecule has 1 aromatic heterocycles. The zero-order chi connectivity index (χ0) is 12.4. The molecular formula is C13H16N4O. The number of ether oxygens (including phenoxy) is 1. The van der Waals surface area contributed by atoms with E-state index in [1.54, 1.807) is 7.11 Å². The highest BCUT2D eigenvalue weighted by molar-refractivity contribution is 5.59. The Labute approximate surface area is 106 Å². The maximum Gasteiger partial charge on any atom is 0.119 e. The molecule has 1 N–H and O–H groups in total. The summed E-state index contributed by atoms with van der Waals surface area (Å²) in [5.41, 5.74) is 1.92. The molecule has 0 spiro atoms. The van der Waals surface area contributed by atoms with Crippen LogP contribution in [-0.4, -0.2) is 35.2 Å². The topological polar surface area (TPSA) is 52.0 Å². The minimum atomic E-state index is 0.428. The number of methoxy groups -OCH3 is 1. The number of nitrogens with zero attached hydrogens (tertiary/aromatic N) is 3. The van der Waals surface area contributed by atoms with E-state index in [9.17, 15) is 0 Å². The van der Waals surface area contributed by atoms with Crippen LogP contribution in [-0.2, 0) is 0 Å². The molecule has 1 atom stereocenters. The van der Waals surface area contributed by atoms with E-state index in [4.69, 9.17) is 4.74 Å². The first-order chi connectivity index (χ1) is 8.86. The van der Waals surface area contributed by atoms with Gasteiger partial charge in [0.1, 0.15) is 11.4 Å². The van der Waals surface area contributed by atoms with Crippen LogP contribution < -0.4 is 10.1 Å². The fraction of sp³-hybridized carbons (Fsp3) is 0.385. The van der Waals surface area contributed by atoms with Crippen LogP contribution >= 0.6 is 0 Å². The first kappa shape index (κ1) is 11.2. The van der Waals surface area contributed by atoms with Crippen LogP contribution in [0.5, 0.6) is 5.75 Å². The summed E-state index contributed by atoms with van der Waals surface area (Å²) >= 11 is 0. The van der Waals surface area contributed by atoms with Gasteiger partial charge in [0.2, 0.25) is 0 Å². The maximum absolute atomic E-state index is 5.22. The van der Waals surface area contributed by atoms with Crippen LogP contribution in [0.1, 0.15) is 12.5 Å². The van der Waals surface area contributed by atoms with Crippen LogP contribution in [0.25, 0.3) is 11.3 Å². The fourth-order valence-electron chi connectivity index (χ4n) is 2.24. The van der Waals surface area contributed by atoms with E-state index in [2.05, 4.69) is 15.6 Å². The highest BCUT2D eigenvalue weighted by Crippen LogP contribution is 2.23. The lowest BCUT2D eigenvalue weighted by Gasteiger charge is -2.06. The number of rotatable bonds is 3. The van der Waals surface area contributed by atoms with Crippen molar-refractivity contribution in [3.8, 4) is 17.0 Å². The molecule has 2 heterocycles. The van der Waals surface area contributed by atoms with E-state index < -0.39 is 0 Å². The average Bonchev–Trinajstić information content (AvgIpc) is 3.09. The van der Waals surface area contributed by atoms with Crippen molar-refractivity contribution in [2.75, 3.05) is 20.2 Å². The molecule has 1 fully saturated rings. The smallest absolute Gasteiger partial charge is 0.119 e. The molecule has 1 aromatic carbocycles.